The number of hydrogen-bond acceptors (Lipinski definition) is 2. The predicted octanol–water partition coefficient (Wildman–Crippen LogP) is 3.13. The molecule has 1 radical (unpaired) electrons. The van der Waals surface area contributed by atoms with Gasteiger partial charge < -0.3 is 9.64 Å². The first-order valence-corrected chi connectivity index (χ1v) is 9.95. The van der Waals surface area contributed by atoms with Crippen LogP contribution in [0.4, 0.5) is 0 Å². The molecular weight excluding hydrogens is 298 g/mol. The van der Waals surface area contributed by atoms with Crippen molar-refractivity contribution in [3.05, 3.63) is 72.3 Å². The third kappa shape index (κ3) is 5.17. The zero-order valence-corrected chi connectivity index (χ0v) is 15.4. The van der Waals surface area contributed by atoms with Gasteiger partial charge in [-0.05, 0) is 43.9 Å². The summed E-state index contributed by atoms with van der Waals surface area (Å²) < 4.78 is 5.70. The van der Waals surface area contributed by atoms with Gasteiger partial charge in [-0.2, -0.15) is 0 Å². The van der Waals surface area contributed by atoms with Gasteiger partial charge in [0.1, 0.15) is 8.80 Å². The minimum atomic E-state index is -0.716. The van der Waals surface area contributed by atoms with Crippen LogP contribution in [0.5, 0.6) is 0 Å². The van der Waals surface area contributed by atoms with E-state index in [9.17, 15) is 0 Å². The van der Waals surface area contributed by atoms with Crippen LogP contribution in [0, 0.1) is 0 Å². The lowest BCUT2D eigenvalue weighted by Crippen LogP contribution is -2.44. The molecule has 0 saturated carbocycles. The van der Waals surface area contributed by atoms with Crippen LogP contribution in [0.15, 0.2) is 61.2 Å². The number of rotatable bonds is 8. The molecule has 0 heterocycles. The standard InChI is InChI=1S/C20H26NOSi/c1-5-22-16-23(15-21(3)4)20-13-11-19(12-14-20)17(2)18-9-7-6-8-10-18/h6-14H,2,5,15-16H2,1,3-4H3. The zero-order valence-electron chi connectivity index (χ0n) is 14.4. The number of ether oxygens (including phenoxy) is 1. The van der Waals surface area contributed by atoms with Gasteiger partial charge in [0.25, 0.3) is 0 Å². The normalized spacial score (nSPS) is 11.2. The molecule has 0 amide bonds. The molecule has 0 atom stereocenters. The number of hydrogen-bond donors (Lipinski definition) is 0. The fraction of sp³-hybridized carbons (Fsp3) is 0.300. The molecule has 0 aliphatic rings. The summed E-state index contributed by atoms with van der Waals surface area (Å²) in [7, 11) is 3.54. The van der Waals surface area contributed by atoms with E-state index in [1.165, 1.54) is 16.3 Å². The van der Waals surface area contributed by atoms with Crippen molar-refractivity contribution in [1.29, 1.82) is 0 Å². The van der Waals surface area contributed by atoms with Crippen LogP contribution in [0.25, 0.3) is 5.57 Å². The van der Waals surface area contributed by atoms with E-state index in [2.05, 4.69) is 81.0 Å². The highest BCUT2D eigenvalue weighted by molar-refractivity contribution is 6.73. The molecule has 2 rings (SSSR count). The minimum absolute atomic E-state index is 0.716. The Morgan fingerprint density at radius 3 is 2.17 bits per heavy atom. The van der Waals surface area contributed by atoms with Crippen molar-refractivity contribution < 1.29 is 4.74 Å². The Balaban J connectivity index is 2.14. The van der Waals surface area contributed by atoms with Crippen LogP contribution in [0.2, 0.25) is 0 Å². The van der Waals surface area contributed by atoms with Crippen LogP contribution in [-0.4, -0.2) is 46.8 Å². The van der Waals surface area contributed by atoms with Gasteiger partial charge in [0.05, 0.1) is 0 Å². The van der Waals surface area contributed by atoms with Crippen molar-refractivity contribution in [3.8, 4) is 0 Å². The highest BCUT2D eigenvalue weighted by Crippen LogP contribution is 2.20. The molecule has 0 aromatic heterocycles. The Bertz CT molecular complexity index is 607. The lowest BCUT2D eigenvalue weighted by Gasteiger charge is -2.20. The lowest BCUT2D eigenvalue weighted by molar-refractivity contribution is 0.190. The second kappa shape index (κ2) is 8.82. The summed E-state index contributed by atoms with van der Waals surface area (Å²) in [4.78, 5) is 2.25. The Hall–Kier alpha value is -1.68. The fourth-order valence-electron chi connectivity index (χ4n) is 2.54. The number of nitrogens with zero attached hydrogens (tertiary/aromatic N) is 1. The molecule has 0 fully saturated rings. The van der Waals surface area contributed by atoms with Gasteiger partial charge in [0, 0.05) is 12.8 Å². The summed E-state index contributed by atoms with van der Waals surface area (Å²) >= 11 is 0. The summed E-state index contributed by atoms with van der Waals surface area (Å²) in [6, 6.07) is 19.2. The third-order valence-electron chi connectivity index (χ3n) is 3.75. The molecule has 0 saturated heterocycles. The van der Waals surface area contributed by atoms with Crippen molar-refractivity contribution in [2.75, 3.05) is 33.1 Å². The minimum Gasteiger partial charge on any atom is -0.385 e. The maximum Gasteiger partial charge on any atom is 0.132 e. The molecule has 2 aromatic rings. The van der Waals surface area contributed by atoms with E-state index < -0.39 is 8.80 Å². The highest BCUT2D eigenvalue weighted by atomic mass is 28.3. The molecule has 0 aliphatic heterocycles. The first kappa shape index (κ1) is 17.7. The molecule has 0 aliphatic carbocycles. The van der Waals surface area contributed by atoms with Crippen LogP contribution < -0.4 is 5.19 Å². The summed E-state index contributed by atoms with van der Waals surface area (Å²) in [6.07, 6.45) is 1.95. The SMILES string of the molecule is C=C(c1ccccc1)c1ccc([Si](COCC)CN(C)C)cc1. The first-order valence-electron chi connectivity index (χ1n) is 8.04. The average molecular weight is 325 g/mol. The summed E-state index contributed by atoms with van der Waals surface area (Å²) in [5.41, 5.74) is 3.43. The maximum absolute atomic E-state index is 5.70. The van der Waals surface area contributed by atoms with E-state index in [0.29, 0.717) is 0 Å². The monoisotopic (exact) mass is 324 g/mol. The highest BCUT2D eigenvalue weighted by Gasteiger charge is 2.16. The maximum atomic E-state index is 5.70. The summed E-state index contributed by atoms with van der Waals surface area (Å²) in [5.74, 6) is 0. The van der Waals surface area contributed by atoms with E-state index in [1.54, 1.807) is 0 Å². The van der Waals surface area contributed by atoms with E-state index in [0.717, 1.165) is 24.6 Å². The average Bonchev–Trinajstić information content (AvgIpc) is 2.58. The second-order valence-electron chi connectivity index (χ2n) is 5.90. The molecule has 3 heteroatoms. The van der Waals surface area contributed by atoms with Crippen LogP contribution >= 0.6 is 0 Å². The smallest absolute Gasteiger partial charge is 0.132 e. The molecule has 0 bridgehead atoms. The van der Waals surface area contributed by atoms with Crippen molar-refractivity contribution in [2.45, 2.75) is 6.92 Å². The zero-order chi connectivity index (χ0) is 16.7. The fourth-order valence-corrected chi connectivity index (χ4v) is 4.83. The van der Waals surface area contributed by atoms with Crippen molar-refractivity contribution in [1.82, 2.24) is 4.90 Å². The molecule has 0 N–H and O–H groups in total. The van der Waals surface area contributed by atoms with Crippen LogP contribution in [0.1, 0.15) is 18.1 Å². The quantitative estimate of drug-likeness (QED) is 0.692. The van der Waals surface area contributed by atoms with Gasteiger partial charge in [0.15, 0.2) is 0 Å². The van der Waals surface area contributed by atoms with Gasteiger partial charge in [-0.3, -0.25) is 0 Å². The van der Waals surface area contributed by atoms with Crippen molar-refractivity contribution in [2.24, 2.45) is 0 Å². The topological polar surface area (TPSA) is 12.5 Å². The second-order valence-corrected chi connectivity index (χ2v) is 8.29. The van der Waals surface area contributed by atoms with Gasteiger partial charge in [-0.25, -0.2) is 0 Å². The van der Waals surface area contributed by atoms with E-state index in [1.807, 2.05) is 6.07 Å². The number of benzene rings is 2. The third-order valence-corrected chi connectivity index (χ3v) is 6.47. The lowest BCUT2D eigenvalue weighted by atomic mass is 10.00. The van der Waals surface area contributed by atoms with Crippen molar-refractivity contribution >= 4 is 19.6 Å². The van der Waals surface area contributed by atoms with E-state index in [4.69, 9.17) is 4.74 Å². The molecule has 0 unspecified atom stereocenters. The van der Waals surface area contributed by atoms with Crippen molar-refractivity contribution in [3.63, 3.8) is 0 Å². The Morgan fingerprint density at radius 2 is 1.61 bits per heavy atom. The van der Waals surface area contributed by atoms with Gasteiger partial charge in [-0.15, -0.1) is 0 Å². The molecule has 121 valence electrons. The molecular formula is C20H26NOSi. The molecule has 2 aromatic carbocycles. The van der Waals surface area contributed by atoms with Gasteiger partial charge >= 0.3 is 0 Å². The summed E-state index contributed by atoms with van der Waals surface area (Å²) in [6.45, 7) is 7.08. The van der Waals surface area contributed by atoms with Crippen LogP contribution in [0.3, 0.4) is 0 Å². The largest absolute Gasteiger partial charge is 0.385 e. The van der Waals surface area contributed by atoms with Gasteiger partial charge in [0.2, 0.25) is 0 Å². The van der Waals surface area contributed by atoms with E-state index in [-0.39, 0.29) is 0 Å². The van der Waals surface area contributed by atoms with E-state index >= 15 is 0 Å². The Kier molecular flexibility index (Phi) is 6.78. The predicted molar refractivity (Wildman–Crippen MR) is 101 cm³/mol. The molecule has 0 spiro atoms. The van der Waals surface area contributed by atoms with Gasteiger partial charge in [-0.1, -0.05) is 66.4 Å². The Labute approximate surface area is 142 Å². The molecule has 23 heavy (non-hydrogen) atoms. The Morgan fingerprint density at radius 1 is 1.00 bits per heavy atom. The molecule has 2 nitrogen and oxygen atoms in total. The summed E-state index contributed by atoms with van der Waals surface area (Å²) in [5, 5.41) is 1.42. The van der Waals surface area contributed by atoms with Crippen LogP contribution in [-0.2, 0) is 4.74 Å². The first-order chi connectivity index (χ1) is 11.1.